The SMILES string of the molecule is CCCNCc1oc(CN2CCC(COC)CC2)cc1C. The van der Waals surface area contributed by atoms with Crippen molar-refractivity contribution in [1.82, 2.24) is 10.2 Å². The van der Waals surface area contributed by atoms with Crippen molar-refractivity contribution >= 4 is 0 Å². The van der Waals surface area contributed by atoms with E-state index in [0.29, 0.717) is 0 Å². The summed E-state index contributed by atoms with van der Waals surface area (Å²) in [6.45, 7) is 10.4. The summed E-state index contributed by atoms with van der Waals surface area (Å²) in [5.41, 5.74) is 1.27. The van der Waals surface area contributed by atoms with Crippen LogP contribution in [0.3, 0.4) is 0 Å². The molecule has 4 nitrogen and oxygen atoms in total. The number of furan rings is 1. The van der Waals surface area contributed by atoms with E-state index in [1.807, 2.05) is 0 Å². The van der Waals surface area contributed by atoms with E-state index < -0.39 is 0 Å². The fourth-order valence-corrected chi connectivity index (χ4v) is 2.99. The number of nitrogens with one attached hydrogen (secondary N) is 1. The van der Waals surface area contributed by atoms with Crippen LogP contribution >= 0.6 is 0 Å². The first-order valence-corrected chi connectivity index (χ1v) is 8.23. The molecule has 0 amide bonds. The summed E-state index contributed by atoms with van der Waals surface area (Å²) in [6.07, 6.45) is 3.62. The van der Waals surface area contributed by atoms with Gasteiger partial charge < -0.3 is 14.5 Å². The Kier molecular flexibility index (Phi) is 6.74. The quantitative estimate of drug-likeness (QED) is 0.748. The molecule has 0 radical (unpaired) electrons. The second kappa shape index (κ2) is 8.57. The van der Waals surface area contributed by atoms with Crippen molar-refractivity contribution in [2.24, 2.45) is 5.92 Å². The number of piperidine rings is 1. The summed E-state index contributed by atoms with van der Waals surface area (Å²) in [6, 6.07) is 2.20. The smallest absolute Gasteiger partial charge is 0.120 e. The molecule has 1 aromatic heterocycles. The molecule has 2 rings (SSSR count). The predicted molar refractivity (Wildman–Crippen MR) is 85.3 cm³/mol. The Morgan fingerprint density at radius 1 is 1.38 bits per heavy atom. The van der Waals surface area contributed by atoms with Gasteiger partial charge in [0.25, 0.3) is 0 Å². The van der Waals surface area contributed by atoms with Gasteiger partial charge in [-0.2, -0.15) is 0 Å². The fourth-order valence-electron chi connectivity index (χ4n) is 2.99. The summed E-state index contributed by atoms with van der Waals surface area (Å²) in [5.74, 6) is 2.93. The third-order valence-corrected chi connectivity index (χ3v) is 4.27. The van der Waals surface area contributed by atoms with Crippen molar-refractivity contribution in [1.29, 1.82) is 0 Å². The summed E-state index contributed by atoms with van der Waals surface area (Å²) < 4.78 is 11.3. The van der Waals surface area contributed by atoms with E-state index in [1.165, 1.54) is 18.4 Å². The van der Waals surface area contributed by atoms with Gasteiger partial charge in [0.1, 0.15) is 11.5 Å². The molecule has 0 atom stereocenters. The highest BCUT2D eigenvalue weighted by Crippen LogP contribution is 2.21. The van der Waals surface area contributed by atoms with Crippen molar-refractivity contribution in [2.75, 3.05) is 33.4 Å². The molecule has 1 N–H and O–H groups in total. The Morgan fingerprint density at radius 3 is 2.81 bits per heavy atom. The van der Waals surface area contributed by atoms with Gasteiger partial charge in [-0.05, 0) is 63.4 Å². The van der Waals surface area contributed by atoms with Crippen molar-refractivity contribution < 1.29 is 9.15 Å². The average molecular weight is 294 g/mol. The van der Waals surface area contributed by atoms with Crippen LogP contribution in [0.2, 0.25) is 0 Å². The van der Waals surface area contributed by atoms with Crippen molar-refractivity contribution in [3.8, 4) is 0 Å². The van der Waals surface area contributed by atoms with Crippen LogP contribution in [0.1, 0.15) is 43.3 Å². The molecular weight excluding hydrogens is 264 g/mol. The standard InChI is InChI=1S/C17H30N2O2/c1-4-7-18-11-17-14(2)10-16(21-17)12-19-8-5-15(6-9-19)13-20-3/h10,15,18H,4-9,11-13H2,1-3H3. The average Bonchev–Trinajstić information content (AvgIpc) is 2.82. The van der Waals surface area contributed by atoms with Gasteiger partial charge in [-0.25, -0.2) is 0 Å². The molecule has 120 valence electrons. The normalized spacial score (nSPS) is 17.5. The summed E-state index contributed by atoms with van der Waals surface area (Å²) in [5, 5.41) is 3.41. The summed E-state index contributed by atoms with van der Waals surface area (Å²) >= 11 is 0. The van der Waals surface area contributed by atoms with Gasteiger partial charge in [0.15, 0.2) is 0 Å². The van der Waals surface area contributed by atoms with Gasteiger partial charge in [0, 0.05) is 13.7 Å². The second-order valence-electron chi connectivity index (χ2n) is 6.17. The lowest BCUT2D eigenvalue weighted by atomic mass is 9.98. The number of hydrogen-bond donors (Lipinski definition) is 1. The van der Waals surface area contributed by atoms with Crippen LogP contribution in [0, 0.1) is 12.8 Å². The van der Waals surface area contributed by atoms with Crippen molar-refractivity contribution in [3.63, 3.8) is 0 Å². The van der Waals surface area contributed by atoms with Gasteiger partial charge in [0.2, 0.25) is 0 Å². The Hall–Kier alpha value is -0.840. The first-order chi connectivity index (χ1) is 10.2. The summed E-state index contributed by atoms with van der Waals surface area (Å²) in [7, 11) is 1.80. The number of methoxy groups -OCH3 is 1. The third-order valence-electron chi connectivity index (χ3n) is 4.27. The van der Waals surface area contributed by atoms with Crippen LogP contribution in [-0.4, -0.2) is 38.3 Å². The maximum absolute atomic E-state index is 6.01. The van der Waals surface area contributed by atoms with Crippen LogP contribution in [0.15, 0.2) is 10.5 Å². The molecule has 2 heterocycles. The molecule has 21 heavy (non-hydrogen) atoms. The molecule has 0 spiro atoms. The highest BCUT2D eigenvalue weighted by molar-refractivity contribution is 5.20. The number of ether oxygens (including phenoxy) is 1. The molecule has 0 bridgehead atoms. The molecule has 1 aromatic rings. The van der Waals surface area contributed by atoms with E-state index >= 15 is 0 Å². The van der Waals surface area contributed by atoms with E-state index in [2.05, 4.69) is 30.1 Å². The summed E-state index contributed by atoms with van der Waals surface area (Å²) in [4.78, 5) is 2.49. The minimum atomic E-state index is 0.735. The van der Waals surface area contributed by atoms with Crippen LogP contribution in [-0.2, 0) is 17.8 Å². The molecule has 0 saturated carbocycles. The number of likely N-dealkylation sites (tertiary alicyclic amines) is 1. The first kappa shape index (κ1) is 16.5. The zero-order valence-corrected chi connectivity index (χ0v) is 13.8. The molecular formula is C17H30N2O2. The lowest BCUT2D eigenvalue weighted by Crippen LogP contribution is -2.34. The Bertz CT molecular complexity index is 409. The molecule has 1 aliphatic heterocycles. The lowest BCUT2D eigenvalue weighted by molar-refractivity contribution is 0.0937. The lowest BCUT2D eigenvalue weighted by Gasteiger charge is -2.30. The number of rotatable bonds is 8. The second-order valence-corrected chi connectivity index (χ2v) is 6.17. The van der Waals surface area contributed by atoms with Crippen molar-refractivity contribution in [2.45, 2.75) is 46.2 Å². The predicted octanol–water partition coefficient (Wildman–Crippen LogP) is 2.95. The molecule has 0 aromatic carbocycles. The zero-order valence-electron chi connectivity index (χ0n) is 13.8. The fraction of sp³-hybridized carbons (Fsp3) is 0.765. The monoisotopic (exact) mass is 294 g/mol. The molecule has 4 heteroatoms. The minimum Gasteiger partial charge on any atom is -0.463 e. The zero-order chi connectivity index (χ0) is 15.1. The van der Waals surface area contributed by atoms with Gasteiger partial charge in [-0.3, -0.25) is 4.90 Å². The third kappa shape index (κ3) is 5.13. The largest absolute Gasteiger partial charge is 0.463 e. The Morgan fingerprint density at radius 2 is 2.14 bits per heavy atom. The topological polar surface area (TPSA) is 37.6 Å². The number of aryl methyl sites for hydroxylation is 1. The van der Waals surface area contributed by atoms with Crippen molar-refractivity contribution in [3.05, 3.63) is 23.2 Å². The first-order valence-electron chi connectivity index (χ1n) is 8.23. The van der Waals surface area contributed by atoms with E-state index in [0.717, 1.165) is 63.2 Å². The molecule has 0 aliphatic carbocycles. The maximum Gasteiger partial charge on any atom is 0.120 e. The van der Waals surface area contributed by atoms with Gasteiger partial charge >= 0.3 is 0 Å². The Balaban J connectivity index is 1.79. The van der Waals surface area contributed by atoms with E-state index in [4.69, 9.17) is 9.15 Å². The number of hydrogen-bond acceptors (Lipinski definition) is 4. The van der Waals surface area contributed by atoms with Gasteiger partial charge in [0.05, 0.1) is 13.1 Å². The number of nitrogens with zero attached hydrogens (tertiary/aromatic N) is 1. The van der Waals surface area contributed by atoms with E-state index in [9.17, 15) is 0 Å². The highest BCUT2D eigenvalue weighted by atomic mass is 16.5. The van der Waals surface area contributed by atoms with Gasteiger partial charge in [-0.15, -0.1) is 0 Å². The molecule has 1 fully saturated rings. The van der Waals surface area contributed by atoms with Crippen LogP contribution in [0.5, 0.6) is 0 Å². The molecule has 0 unspecified atom stereocenters. The molecule has 1 saturated heterocycles. The van der Waals surface area contributed by atoms with Crippen LogP contribution < -0.4 is 5.32 Å². The van der Waals surface area contributed by atoms with E-state index in [-0.39, 0.29) is 0 Å². The highest BCUT2D eigenvalue weighted by Gasteiger charge is 2.20. The minimum absolute atomic E-state index is 0.735. The van der Waals surface area contributed by atoms with Gasteiger partial charge in [-0.1, -0.05) is 6.92 Å². The molecule has 1 aliphatic rings. The van der Waals surface area contributed by atoms with E-state index in [1.54, 1.807) is 7.11 Å². The van der Waals surface area contributed by atoms with Crippen LogP contribution in [0.25, 0.3) is 0 Å². The maximum atomic E-state index is 6.01. The Labute approximate surface area is 128 Å². The van der Waals surface area contributed by atoms with Crippen LogP contribution in [0.4, 0.5) is 0 Å².